The van der Waals surface area contributed by atoms with Gasteiger partial charge < -0.3 is 15.0 Å². The summed E-state index contributed by atoms with van der Waals surface area (Å²) in [5, 5.41) is 2.94. The third-order valence-electron chi connectivity index (χ3n) is 5.13. The lowest BCUT2D eigenvalue weighted by Crippen LogP contribution is -2.44. The van der Waals surface area contributed by atoms with Crippen LogP contribution >= 0.6 is 0 Å². The summed E-state index contributed by atoms with van der Waals surface area (Å²) >= 11 is 0. The maximum absolute atomic E-state index is 13.1. The molecule has 0 aromatic heterocycles. The fourth-order valence-corrected chi connectivity index (χ4v) is 3.39. The van der Waals surface area contributed by atoms with Crippen LogP contribution in [0.2, 0.25) is 0 Å². The van der Waals surface area contributed by atoms with E-state index in [2.05, 4.69) is 24.1 Å². The fourth-order valence-electron chi connectivity index (χ4n) is 3.39. The van der Waals surface area contributed by atoms with Gasteiger partial charge in [0.15, 0.2) is 0 Å². The quantitative estimate of drug-likeness (QED) is 0.734. The van der Waals surface area contributed by atoms with E-state index in [1.165, 1.54) is 4.90 Å². The van der Waals surface area contributed by atoms with Gasteiger partial charge in [0.1, 0.15) is 11.3 Å². The van der Waals surface area contributed by atoms with Gasteiger partial charge in [-0.1, -0.05) is 26.8 Å². The number of amides is 3. The number of methoxy groups -OCH3 is 1. The first kappa shape index (κ1) is 19.2. The van der Waals surface area contributed by atoms with Crippen molar-refractivity contribution in [3.8, 4) is 5.75 Å². The molecule has 1 fully saturated rings. The molecule has 0 spiro atoms. The molecule has 1 heterocycles. The number of ether oxygens (including phenoxy) is 1. The number of aryl methyl sites for hydroxylation is 1. The van der Waals surface area contributed by atoms with Crippen LogP contribution in [0.1, 0.15) is 38.3 Å². The molecule has 1 aromatic rings. The molecule has 1 aliphatic rings. The number of carbonyl (C=O) groups is 2. The molecule has 1 aromatic carbocycles. The summed E-state index contributed by atoms with van der Waals surface area (Å²) in [5.74, 6) is 0.599. The molecule has 138 valence electrons. The first-order chi connectivity index (χ1) is 11.9. The number of carbonyl (C=O) groups excluding carboxylic acids is 2. The van der Waals surface area contributed by atoms with Crippen molar-refractivity contribution in [3.63, 3.8) is 0 Å². The third-order valence-corrected chi connectivity index (χ3v) is 5.13. The first-order valence-corrected chi connectivity index (χ1v) is 8.95. The molecule has 1 aliphatic heterocycles. The third kappa shape index (κ3) is 3.49. The molecule has 0 aliphatic carbocycles. The predicted octanol–water partition coefficient (Wildman–Crippen LogP) is 2.50. The standard InChI is InChI=1S/C19H29N3O3/c1-6-19(15-9-10-16(25-5)14(4)13-15)17(23)22(18(24)20-19)12-11-21(7-2)8-3/h9-10,13H,6-8,11-12H2,1-5H3,(H,20,24). The van der Waals surface area contributed by atoms with Crippen LogP contribution in [0, 0.1) is 6.92 Å². The number of hydrogen-bond acceptors (Lipinski definition) is 4. The van der Waals surface area contributed by atoms with E-state index in [9.17, 15) is 9.59 Å². The van der Waals surface area contributed by atoms with Crippen LogP contribution in [0.15, 0.2) is 18.2 Å². The molecule has 0 saturated carbocycles. The number of benzene rings is 1. The van der Waals surface area contributed by atoms with E-state index in [-0.39, 0.29) is 11.9 Å². The van der Waals surface area contributed by atoms with Gasteiger partial charge in [0.25, 0.3) is 5.91 Å². The molecule has 0 radical (unpaired) electrons. The lowest BCUT2D eigenvalue weighted by molar-refractivity contribution is -0.131. The van der Waals surface area contributed by atoms with Gasteiger partial charge in [-0.2, -0.15) is 0 Å². The highest BCUT2D eigenvalue weighted by molar-refractivity contribution is 6.07. The molecular weight excluding hydrogens is 318 g/mol. The molecule has 0 bridgehead atoms. The average molecular weight is 347 g/mol. The van der Waals surface area contributed by atoms with E-state index in [4.69, 9.17) is 4.74 Å². The minimum absolute atomic E-state index is 0.170. The second kappa shape index (κ2) is 7.87. The number of nitrogens with one attached hydrogen (secondary N) is 1. The van der Waals surface area contributed by atoms with Gasteiger partial charge in [-0.05, 0) is 49.7 Å². The number of rotatable bonds is 8. The Bertz CT molecular complexity index is 643. The van der Waals surface area contributed by atoms with Crippen LogP contribution in [-0.2, 0) is 10.3 Å². The molecule has 1 atom stereocenters. The highest BCUT2D eigenvalue weighted by atomic mass is 16.5. The van der Waals surface area contributed by atoms with Gasteiger partial charge in [-0.3, -0.25) is 9.69 Å². The van der Waals surface area contributed by atoms with E-state index >= 15 is 0 Å². The monoisotopic (exact) mass is 347 g/mol. The lowest BCUT2D eigenvalue weighted by Gasteiger charge is -2.27. The second-order valence-corrected chi connectivity index (χ2v) is 6.36. The van der Waals surface area contributed by atoms with Crippen molar-refractivity contribution < 1.29 is 14.3 Å². The number of imide groups is 1. The Labute approximate surface area is 150 Å². The summed E-state index contributed by atoms with van der Waals surface area (Å²) in [6, 6.07) is 5.32. The van der Waals surface area contributed by atoms with Crippen LogP contribution in [-0.4, -0.2) is 55.0 Å². The Morgan fingerprint density at radius 3 is 2.40 bits per heavy atom. The molecule has 3 amide bonds. The topological polar surface area (TPSA) is 61.9 Å². The lowest BCUT2D eigenvalue weighted by atomic mass is 9.86. The van der Waals surface area contributed by atoms with Gasteiger partial charge in [-0.15, -0.1) is 0 Å². The Morgan fingerprint density at radius 2 is 1.88 bits per heavy atom. The molecule has 2 rings (SSSR count). The van der Waals surface area contributed by atoms with E-state index in [0.717, 1.165) is 30.0 Å². The Balaban J connectivity index is 2.28. The van der Waals surface area contributed by atoms with Crippen molar-refractivity contribution >= 4 is 11.9 Å². The van der Waals surface area contributed by atoms with Crippen LogP contribution in [0.25, 0.3) is 0 Å². The Hall–Kier alpha value is -2.08. The zero-order valence-corrected chi connectivity index (χ0v) is 15.9. The molecule has 1 unspecified atom stereocenters. The van der Waals surface area contributed by atoms with Crippen molar-refractivity contribution in [2.24, 2.45) is 0 Å². The highest BCUT2D eigenvalue weighted by Gasteiger charge is 2.51. The maximum Gasteiger partial charge on any atom is 0.325 e. The average Bonchev–Trinajstić information content (AvgIpc) is 2.87. The number of hydrogen-bond donors (Lipinski definition) is 1. The van der Waals surface area contributed by atoms with Crippen molar-refractivity contribution in [3.05, 3.63) is 29.3 Å². The van der Waals surface area contributed by atoms with Crippen molar-refractivity contribution in [2.45, 2.75) is 39.7 Å². The van der Waals surface area contributed by atoms with Crippen molar-refractivity contribution in [1.82, 2.24) is 15.1 Å². The largest absolute Gasteiger partial charge is 0.496 e. The van der Waals surface area contributed by atoms with Gasteiger partial charge in [0.05, 0.1) is 7.11 Å². The predicted molar refractivity (Wildman–Crippen MR) is 97.7 cm³/mol. The number of likely N-dealkylation sites (N-methyl/N-ethyl adjacent to an activating group) is 1. The first-order valence-electron chi connectivity index (χ1n) is 8.95. The summed E-state index contributed by atoms with van der Waals surface area (Å²) in [5.41, 5.74) is 0.755. The molecule has 1 saturated heterocycles. The van der Waals surface area contributed by atoms with Crippen LogP contribution in [0.5, 0.6) is 5.75 Å². The minimum Gasteiger partial charge on any atom is -0.496 e. The molecule has 6 nitrogen and oxygen atoms in total. The van der Waals surface area contributed by atoms with Crippen molar-refractivity contribution in [1.29, 1.82) is 0 Å². The van der Waals surface area contributed by atoms with E-state index in [0.29, 0.717) is 19.5 Å². The number of nitrogens with zero attached hydrogens (tertiary/aromatic N) is 2. The minimum atomic E-state index is -0.989. The van der Waals surface area contributed by atoms with Crippen LogP contribution in [0.3, 0.4) is 0 Å². The normalized spacial score (nSPS) is 20.3. The van der Waals surface area contributed by atoms with Gasteiger partial charge >= 0.3 is 6.03 Å². The highest BCUT2D eigenvalue weighted by Crippen LogP contribution is 2.34. The second-order valence-electron chi connectivity index (χ2n) is 6.36. The SMILES string of the molecule is CCN(CC)CCN1C(=O)NC(CC)(c2ccc(OC)c(C)c2)C1=O. The summed E-state index contributed by atoms with van der Waals surface area (Å²) in [7, 11) is 1.62. The molecule has 6 heteroatoms. The van der Waals surface area contributed by atoms with Crippen molar-refractivity contribution in [2.75, 3.05) is 33.3 Å². The van der Waals surface area contributed by atoms with Crippen LogP contribution < -0.4 is 10.1 Å². The zero-order chi connectivity index (χ0) is 18.6. The van der Waals surface area contributed by atoms with E-state index in [1.54, 1.807) is 7.11 Å². The number of urea groups is 1. The van der Waals surface area contributed by atoms with Gasteiger partial charge in [-0.25, -0.2) is 4.79 Å². The van der Waals surface area contributed by atoms with Gasteiger partial charge in [0.2, 0.25) is 0 Å². The van der Waals surface area contributed by atoms with E-state index < -0.39 is 5.54 Å². The summed E-state index contributed by atoms with van der Waals surface area (Å²) in [6.45, 7) is 10.9. The van der Waals surface area contributed by atoms with Crippen LogP contribution in [0.4, 0.5) is 4.79 Å². The van der Waals surface area contributed by atoms with E-state index in [1.807, 2.05) is 32.0 Å². The molecule has 1 N–H and O–H groups in total. The Kier molecular flexibility index (Phi) is 6.06. The summed E-state index contributed by atoms with van der Waals surface area (Å²) < 4.78 is 5.30. The molecular formula is C19H29N3O3. The zero-order valence-electron chi connectivity index (χ0n) is 15.9. The molecule has 25 heavy (non-hydrogen) atoms. The summed E-state index contributed by atoms with van der Waals surface area (Å²) in [4.78, 5) is 29.1. The Morgan fingerprint density at radius 1 is 1.20 bits per heavy atom. The fraction of sp³-hybridized carbons (Fsp3) is 0.579. The van der Waals surface area contributed by atoms with Gasteiger partial charge in [0, 0.05) is 13.1 Å². The maximum atomic E-state index is 13.1. The summed E-state index contributed by atoms with van der Waals surface area (Å²) in [6.07, 6.45) is 0.505. The smallest absolute Gasteiger partial charge is 0.325 e.